The highest BCUT2D eigenvalue weighted by Gasteiger charge is 2.29. The van der Waals surface area contributed by atoms with Crippen LogP contribution in [0.25, 0.3) is 0 Å². The number of rotatable bonds is 4. The zero-order valence-electron chi connectivity index (χ0n) is 16.4. The molecular weight excluding hydrogens is 338 g/mol. The van der Waals surface area contributed by atoms with Crippen LogP contribution in [-0.4, -0.2) is 52.8 Å². The molecule has 2 rings (SSSR count). The summed E-state index contributed by atoms with van der Waals surface area (Å²) in [7, 11) is 1.31. The second kappa shape index (κ2) is 7.88. The number of amides is 1. The lowest BCUT2D eigenvalue weighted by Crippen LogP contribution is -2.44. The average Bonchev–Trinajstić information content (AvgIpc) is 2.56. The fourth-order valence-electron chi connectivity index (χ4n) is 2.71. The molecule has 0 atom stereocenters. The van der Waals surface area contributed by atoms with Crippen LogP contribution >= 0.6 is 0 Å². The summed E-state index contributed by atoms with van der Waals surface area (Å²) in [6.07, 6.45) is 1.08. The molecule has 1 amide bonds. The van der Waals surface area contributed by atoms with Gasteiger partial charge >= 0.3 is 11.8 Å². The van der Waals surface area contributed by atoms with Gasteiger partial charge in [-0.1, -0.05) is 0 Å². The van der Waals surface area contributed by atoms with Gasteiger partial charge in [0, 0.05) is 37.6 Å². The van der Waals surface area contributed by atoms with Gasteiger partial charge in [0.2, 0.25) is 5.88 Å². The molecule has 0 bridgehead atoms. The van der Waals surface area contributed by atoms with E-state index in [9.17, 15) is 9.70 Å². The first-order valence-corrected chi connectivity index (χ1v) is 8.75. The fourth-order valence-corrected chi connectivity index (χ4v) is 2.71. The maximum atomic E-state index is 12.1. The van der Waals surface area contributed by atoms with Crippen LogP contribution in [-0.2, 0) is 9.57 Å². The molecule has 0 aromatic carbocycles. The van der Waals surface area contributed by atoms with Crippen LogP contribution < -0.4 is 4.74 Å². The standard InChI is InChI=1S/C18H28N3O5/c1-12-11-15(21(23)24-6)13(2)19-16(12)25-14-7-9-20(10-8-14)17(22)26-18(3,4)5/h11,14H,7-10H2,1-6H3/q+1. The number of carbonyl (C=O) groups is 1. The van der Waals surface area contributed by atoms with Crippen molar-refractivity contribution in [2.75, 3.05) is 20.2 Å². The fraction of sp³-hybridized carbons (Fsp3) is 0.667. The second-order valence-corrected chi connectivity index (χ2v) is 7.44. The lowest BCUT2D eigenvalue weighted by Gasteiger charge is -2.33. The smallest absolute Gasteiger partial charge is 0.410 e. The maximum Gasteiger partial charge on any atom is 0.410 e. The SMILES string of the molecule is CO[N+](=O)c1cc(C)c(OC2CCN(C(=O)OC(C)(C)C)CC2)nc1C. The minimum Gasteiger partial charge on any atom is -0.474 e. The third kappa shape index (κ3) is 5.06. The Hall–Kier alpha value is -2.38. The van der Waals surface area contributed by atoms with Gasteiger partial charge in [0.1, 0.15) is 17.4 Å². The molecule has 0 saturated carbocycles. The third-order valence-corrected chi connectivity index (χ3v) is 4.07. The summed E-state index contributed by atoms with van der Waals surface area (Å²) in [6, 6.07) is 1.70. The van der Waals surface area contributed by atoms with Gasteiger partial charge in [-0.15, -0.1) is 0 Å². The van der Waals surface area contributed by atoms with E-state index >= 15 is 0 Å². The van der Waals surface area contributed by atoms with Crippen molar-refractivity contribution in [3.8, 4) is 5.88 Å². The Morgan fingerprint density at radius 1 is 1.27 bits per heavy atom. The molecule has 8 nitrogen and oxygen atoms in total. The highest BCUT2D eigenvalue weighted by Crippen LogP contribution is 2.27. The zero-order chi connectivity index (χ0) is 19.5. The van der Waals surface area contributed by atoms with Crippen molar-refractivity contribution in [2.24, 2.45) is 0 Å². The highest BCUT2D eigenvalue weighted by atomic mass is 16.8. The number of hydrogen-bond donors (Lipinski definition) is 0. The van der Waals surface area contributed by atoms with Crippen molar-refractivity contribution in [3.63, 3.8) is 0 Å². The average molecular weight is 366 g/mol. The number of carbonyl (C=O) groups excluding carboxylic acids is 1. The lowest BCUT2D eigenvalue weighted by molar-refractivity contribution is -0.737. The second-order valence-electron chi connectivity index (χ2n) is 7.44. The number of nitrogens with zero attached hydrogens (tertiary/aromatic N) is 3. The molecule has 1 aromatic rings. The van der Waals surface area contributed by atoms with Crippen molar-refractivity contribution in [1.29, 1.82) is 0 Å². The van der Waals surface area contributed by atoms with Crippen LogP contribution in [0.3, 0.4) is 0 Å². The van der Waals surface area contributed by atoms with Gasteiger partial charge in [-0.3, -0.25) is 0 Å². The molecule has 1 saturated heterocycles. The molecule has 144 valence electrons. The molecular formula is C18H28N3O5+. The predicted octanol–water partition coefficient (Wildman–Crippen LogP) is 3.45. The Kier molecular flexibility index (Phi) is 6.05. The van der Waals surface area contributed by atoms with Crippen LogP contribution in [0, 0.1) is 18.8 Å². The molecule has 26 heavy (non-hydrogen) atoms. The largest absolute Gasteiger partial charge is 0.474 e. The van der Waals surface area contributed by atoms with Gasteiger partial charge in [-0.2, -0.15) is 0 Å². The topological polar surface area (TPSA) is 81.0 Å². The summed E-state index contributed by atoms with van der Waals surface area (Å²) >= 11 is 0. The number of hydrogen-bond acceptors (Lipinski definition) is 6. The van der Waals surface area contributed by atoms with E-state index < -0.39 is 5.60 Å². The Labute approximate surface area is 154 Å². The first kappa shape index (κ1) is 19.9. The first-order chi connectivity index (χ1) is 12.1. The van der Waals surface area contributed by atoms with Crippen molar-refractivity contribution in [3.05, 3.63) is 22.2 Å². The minimum atomic E-state index is -0.498. The molecule has 1 aliphatic heterocycles. The van der Waals surface area contributed by atoms with E-state index in [2.05, 4.69) is 9.82 Å². The van der Waals surface area contributed by atoms with Crippen molar-refractivity contribution in [1.82, 2.24) is 9.88 Å². The summed E-state index contributed by atoms with van der Waals surface area (Å²) in [5.74, 6) is 0.506. The summed E-state index contributed by atoms with van der Waals surface area (Å²) in [5, 5.41) is 0. The Morgan fingerprint density at radius 2 is 1.88 bits per heavy atom. The summed E-state index contributed by atoms with van der Waals surface area (Å²) in [6.45, 7) is 10.3. The van der Waals surface area contributed by atoms with Gasteiger partial charge in [-0.25, -0.2) is 14.6 Å². The lowest BCUT2D eigenvalue weighted by atomic mass is 10.1. The van der Waals surface area contributed by atoms with E-state index in [-0.39, 0.29) is 12.2 Å². The van der Waals surface area contributed by atoms with Gasteiger partial charge in [0.05, 0.1) is 4.91 Å². The minimum absolute atomic E-state index is 0.0316. The number of ether oxygens (including phenoxy) is 2. The summed E-state index contributed by atoms with van der Waals surface area (Å²) in [4.78, 5) is 35.0. The first-order valence-electron chi connectivity index (χ1n) is 8.75. The molecule has 0 unspecified atom stereocenters. The van der Waals surface area contributed by atoms with E-state index in [1.807, 2.05) is 27.7 Å². The van der Waals surface area contributed by atoms with Gasteiger partial charge in [0.25, 0.3) is 4.92 Å². The molecule has 0 aliphatic carbocycles. The van der Waals surface area contributed by atoms with E-state index in [1.165, 1.54) is 7.11 Å². The Balaban J connectivity index is 1.96. The van der Waals surface area contributed by atoms with Crippen LogP contribution in [0.1, 0.15) is 44.9 Å². The predicted molar refractivity (Wildman–Crippen MR) is 95.5 cm³/mol. The molecule has 8 heteroatoms. The third-order valence-electron chi connectivity index (χ3n) is 4.07. The molecule has 0 radical (unpaired) electrons. The normalized spacial score (nSPS) is 15.5. The van der Waals surface area contributed by atoms with E-state index in [0.29, 0.717) is 48.1 Å². The summed E-state index contributed by atoms with van der Waals surface area (Å²) in [5.41, 5.74) is 1.16. The highest BCUT2D eigenvalue weighted by molar-refractivity contribution is 5.68. The van der Waals surface area contributed by atoms with Crippen LogP contribution in [0.5, 0.6) is 5.88 Å². The molecule has 0 spiro atoms. The number of pyridine rings is 1. The van der Waals surface area contributed by atoms with E-state index in [0.717, 1.165) is 5.56 Å². The Bertz CT molecular complexity index is 676. The van der Waals surface area contributed by atoms with Crippen molar-refractivity contribution < 1.29 is 24.0 Å². The molecule has 2 heterocycles. The van der Waals surface area contributed by atoms with Gasteiger partial charge in [0.15, 0.2) is 7.11 Å². The van der Waals surface area contributed by atoms with Crippen LogP contribution in [0.15, 0.2) is 6.07 Å². The Morgan fingerprint density at radius 3 is 2.42 bits per heavy atom. The number of aromatic nitrogens is 1. The van der Waals surface area contributed by atoms with E-state index in [4.69, 9.17) is 9.47 Å². The monoisotopic (exact) mass is 366 g/mol. The number of aryl methyl sites for hydroxylation is 2. The van der Waals surface area contributed by atoms with Crippen LogP contribution in [0.4, 0.5) is 10.5 Å². The molecule has 1 aliphatic rings. The number of piperidine rings is 1. The maximum absolute atomic E-state index is 12.1. The van der Waals surface area contributed by atoms with Gasteiger partial charge in [-0.05, 0) is 34.6 Å². The molecule has 0 N–H and O–H groups in total. The van der Waals surface area contributed by atoms with E-state index in [1.54, 1.807) is 17.9 Å². The molecule has 1 fully saturated rings. The van der Waals surface area contributed by atoms with Crippen molar-refractivity contribution >= 4 is 11.8 Å². The van der Waals surface area contributed by atoms with Crippen molar-refractivity contribution in [2.45, 2.75) is 59.2 Å². The van der Waals surface area contributed by atoms with Crippen LogP contribution in [0.2, 0.25) is 0 Å². The zero-order valence-corrected chi connectivity index (χ0v) is 16.4. The quantitative estimate of drug-likeness (QED) is 0.759. The van der Waals surface area contributed by atoms with Gasteiger partial charge < -0.3 is 14.4 Å². The number of likely N-dealkylation sites (tertiary alicyclic amines) is 1. The molecule has 1 aromatic heterocycles. The summed E-state index contributed by atoms with van der Waals surface area (Å²) < 4.78 is 11.4.